The number of ether oxygens (including phenoxy) is 3. The molecule has 0 saturated carbocycles. The van der Waals surface area contributed by atoms with E-state index in [0.29, 0.717) is 48.5 Å². The van der Waals surface area contributed by atoms with Crippen molar-refractivity contribution in [1.29, 1.82) is 0 Å². The van der Waals surface area contributed by atoms with Crippen LogP contribution in [0.2, 0.25) is 0 Å². The number of fused-ring (bicyclic) bond motifs is 3. The van der Waals surface area contributed by atoms with Gasteiger partial charge in [-0.2, -0.15) is 0 Å². The van der Waals surface area contributed by atoms with E-state index in [-0.39, 0.29) is 5.78 Å². The zero-order chi connectivity index (χ0) is 19.5. The number of nitrogens with one attached hydrogen (secondary N) is 1. The SMILES string of the molecule is CCOc1cc(OCC)c2c(c1)C(=O)c1cccc(OCCC3CCCN3)c1-2. The molecule has 0 aromatic heterocycles. The van der Waals surface area contributed by atoms with E-state index in [2.05, 4.69) is 5.32 Å². The van der Waals surface area contributed by atoms with Crippen molar-refractivity contribution in [2.75, 3.05) is 26.4 Å². The Bertz CT molecular complexity index is 871. The molecule has 5 heteroatoms. The van der Waals surface area contributed by atoms with Crippen molar-refractivity contribution in [2.45, 2.75) is 39.2 Å². The first kappa shape index (κ1) is 18.8. The zero-order valence-electron chi connectivity index (χ0n) is 16.5. The quantitative estimate of drug-likeness (QED) is 0.633. The summed E-state index contributed by atoms with van der Waals surface area (Å²) in [5.74, 6) is 2.06. The number of hydrogen-bond donors (Lipinski definition) is 1. The molecule has 1 N–H and O–H groups in total. The first-order valence-electron chi connectivity index (χ1n) is 10.2. The van der Waals surface area contributed by atoms with Gasteiger partial charge >= 0.3 is 0 Å². The summed E-state index contributed by atoms with van der Waals surface area (Å²) in [7, 11) is 0. The molecular formula is C23H27NO4. The van der Waals surface area contributed by atoms with Gasteiger partial charge in [0, 0.05) is 34.4 Å². The summed E-state index contributed by atoms with van der Waals surface area (Å²) >= 11 is 0. The van der Waals surface area contributed by atoms with Crippen molar-refractivity contribution < 1.29 is 19.0 Å². The Morgan fingerprint density at radius 1 is 1.00 bits per heavy atom. The van der Waals surface area contributed by atoms with Crippen LogP contribution in [0.1, 0.15) is 49.0 Å². The minimum absolute atomic E-state index is 0.00424. The monoisotopic (exact) mass is 381 g/mol. The molecule has 1 aliphatic carbocycles. The van der Waals surface area contributed by atoms with Gasteiger partial charge in [0.05, 0.1) is 19.8 Å². The van der Waals surface area contributed by atoms with Gasteiger partial charge in [0.1, 0.15) is 17.2 Å². The Hall–Kier alpha value is -2.53. The normalized spacial score (nSPS) is 17.4. The molecule has 0 radical (unpaired) electrons. The topological polar surface area (TPSA) is 56.8 Å². The minimum atomic E-state index is -0.00424. The van der Waals surface area contributed by atoms with E-state index < -0.39 is 0 Å². The van der Waals surface area contributed by atoms with Crippen LogP contribution in [-0.2, 0) is 0 Å². The largest absolute Gasteiger partial charge is 0.494 e. The van der Waals surface area contributed by atoms with E-state index in [1.165, 1.54) is 12.8 Å². The van der Waals surface area contributed by atoms with Gasteiger partial charge in [0.2, 0.25) is 0 Å². The third kappa shape index (κ3) is 3.47. The van der Waals surface area contributed by atoms with Crippen LogP contribution in [0.25, 0.3) is 11.1 Å². The van der Waals surface area contributed by atoms with Gasteiger partial charge in [-0.05, 0) is 51.8 Å². The van der Waals surface area contributed by atoms with Crippen molar-refractivity contribution >= 4 is 5.78 Å². The summed E-state index contributed by atoms with van der Waals surface area (Å²) in [5.41, 5.74) is 2.95. The van der Waals surface area contributed by atoms with E-state index >= 15 is 0 Å². The highest BCUT2D eigenvalue weighted by Crippen LogP contribution is 2.49. The second-order valence-electron chi connectivity index (χ2n) is 7.15. The average Bonchev–Trinajstić information content (AvgIpc) is 3.30. The lowest BCUT2D eigenvalue weighted by Gasteiger charge is -2.16. The Labute approximate surface area is 166 Å². The number of rotatable bonds is 8. The van der Waals surface area contributed by atoms with Crippen molar-refractivity contribution in [3.63, 3.8) is 0 Å². The second-order valence-corrected chi connectivity index (χ2v) is 7.15. The molecule has 0 bridgehead atoms. The molecule has 1 aliphatic heterocycles. The maximum Gasteiger partial charge on any atom is 0.194 e. The fraction of sp³-hybridized carbons (Fsp3) is 0.435. The number of benzene rings is 2. The van der Waals surface area contributed by atoms with Crippen molar-refractivity contribution in [3.8, 4) is 28.4 Å². The third-order valence-electron chi connectivity index (χ3n) is 5.34. The number of ketones is 1. The summed E-state index contributed by atoms with van der Waals surface area (Å²) in [6, 6.07) is 9.89. The smallest absolute Gasteiger partial charge is 0.194 e. The summed E-state index contributed by atoms with van der Waals surface area (Å²) in [6.45, 7) is 6.63. The first-order valence-corrected chi connectivity index (χ1v) is 10.2. The third-order valence-corrected chi connectivity index (χ3v) is 5.34. The minimum Gasteiger partial charge on any atom is -0.494 e. The lowest BCUT2D eigenvalue weighted by molar-refractivity contribution is 0.104. The highest BCUT2D eigenvalue weighted by Gasteiger charge is 2.33. The van der Waals surface area contributed by atoms with Crippen LogP contribution >= 0.6 is 0 Å². The Morgan fingerprint density at radius 3 is 2.57 bits per heavy atom. The van der Waals surface area contributed by atoms with E-state index in [1.54, 1.807) is 0 Å². The molecular weight excluding hydrogens is 354 g/mol. The molecule has 1 heterocycles. The van der Waals surface area contributed by atoms with Gasteiger partial charge < -0.3 is 19.5 Å². The Balaban J connectivity index is 1.68. The van der Waals surface area contributed by atoms with Crippen molar-refractivity contribution in [1.82, 2.24) is 5.32 Å². The molecule has 1 fully saturated rings. The summed E-state index contributed by atoms with van der Waals surface area (Å²) < 4.78 is 17.7. The molecule has 1 saturated heterocycles. The van der Waals surface area contributed by atoms with E-state index in [9.17, 15) is 4.79 Å². The Morgan fingerprint density at radius 2 is 1.82 bits per heavy atom. The highest BCUT2D eigenvalue weighted by atomic mass is 16.5. The van der Waals surface area contributed by atoms with Gasteiger partial charge in [-0.15, -0.1) is 0 Å². The average molecular weight is 381 g/mol. The molecule has 1 unspecified atom stereocenters. The molecule has 4 rings (SSSR count). The molecule has 2 aromatic carbocycles. The van der Waals surface area contributed by atoms with Gasteiger partial charge in [0.25, 0.3) is 0 Å². The maximum absolute atomic E-state index is 13.1. The van der Waals surface area contributed by atoms with Crippen LogP contribution in [0, 0.1) is 0 Å². The summed E-state index contributed by atoms with van der Waals surface area (Å²) in [5, 5.41) is 3.49. The number of carbonyl (C=O) groups excluding carboxylic acids is 1. The van der Waals surface area contributed by atoms with E-state index in [1.807, 2.05) is 44.2 Å². The lowest BCUT2D eigenvalue weighted by Crippen LogP contribution is -2.23. The first-order chi connectivity index (χ1) is 13.7. The molecule has 28 heavy (non-hydrogen) atoms. The molecule has 5 nitrogen and oxygen atoms in total. The predicted octanol–water partition coefficient (Wildman–Crippen LogP) is 4.22. The summed E-state index contributed by atoms with van der Waals surface area (Å²) in [6.07, 6.45) is 3.39. The molecule has 2 aliphatic rings. The molecule has 2 aromatic rings. The predicted molar refractivity (Wildman–Crippen MR) is 109 cm³/mol. The van der Waals surface area contributed by atoms with Crippen LogP contribution < -0.4 is 19.5 Å². The van der Waals surface area contributed by atoms with E-state index in [4.69, 9.17) is 14.2 Å². The van der Waals surface area contributed by atoms with Crippen LogP contribution in [0.15, 0.2) is 30.3 Å². The van der Waals surface area contributed by atoms with Crippen LogP contribution in [-0.4, -0.2) is 38.2 Å². The van der Waals surface area contributed by atoms with Crippen LogP contribution in [0.5, 0.6) is 17.2 Å². The van der Waals surface area contributed by atoms with Crippen LogP contribution in [0.4, 0.5) is 0 Å². The Kier molecular flexibility index (Phi) is 5.53. The van der Waals surface area contributed by atoms with Gasteiger partial charge in [-0.25, -0.2) is 0 Å². The van der Waals surface area contributed by atoms with Gasteiger partial charge in [-0.1, -0.05) is 12.1 Å². The molecule has 148 valence electrons. The molecule has 0 spiro atoms. The molecule has 1 atom stereocenters. The number of hydrogen-bond acceptors (Lipinski definition) is 5. The maximum atomic E-state index is 13.1. The fourth-order valence-electron chi connectivity index (χ4n) is 4.10. The fourth-order valence-corrected chi connectivity index (χ4v) is 4.10. The van der Waals surface area contributed by atoms with Gasteiger partial charge in [-0.3, -0.25) is 4.79 Å². The number of carbonyl (C=O) groups is 1. The van der Waals surface area contributed by atoms with E-state index in [0.717, 1.165) is 29.8 Å². The van der Waals surface area contributed by atoms with Crippen LogP contribution in [0.3, 0.4) is 0 Å². The molecule has 0 amide bonds. The zero-order valence-corrected chi connectivity index (χ0v) is 16.5. The lowest BCUT2D eigenvalue weighted by atomic mass is 10.0. The summed E-state index contributed by atoms with van der Waals surface area (Å²) in [4.78, 5) is 13.1. The van der Waals surface area contributed by atoms with Gasteiger partial charge in [0.15, 0.2) is 5.78 Å². The second kappa shape index (κ2) is 8.23. The van der Waals surface area contributed by atoms with Crippen molar-refractivity contribution in [3.05, 3.63) is 41.5 Å². The van der Waals surface area contributed by atoms with Crippen molar-refractivity contribution in [2.24, 2.45) is 0 Å². The standard InChI is InChI=1S/C23H27NO4/c1-3-26-16-13-18-22(20(14-16)27-4-2)21-17(23(18)25)8-5-9-19(21)28-12-10-15-7-6-11-24-15/h5,8-9,13-15,24H,3-4,6-7,10-12H2,1-2H3. The highest BCUT2D eigenvalue weighted by molar-refractivity contribution is 6.23.